The third kappa shape index (κ3) is 4.92. The highest BCUT2D eigenvalue weighted by molar-refractivity contribution is 6.43. The molecular weight excluding hydrogens is 369 g/mol. The van der Waals surface area contributed by atoms with E-state index in [2.05, 4.69) is 0 Å². The summed E-state index contributed by atoms with van der Waals surface area (Å²) in [6.45, 7) is 1.86. The number of carbonyl (C=O) groups excluding carboxylic acids is 1. The summed E-state index contributed by atoms with van der Waals surface area (Å²) >= 11 is 12.4. The Labute approximate surface area is 155 Å². The largest absolute Gasteiger partial charge is 0.508 e. The van der Waals surface area contributed by atoms with Crippen LogP contribution in [0, 0.1) is 0 Å². The summed E-state index contributed by atoms with van der Waals surface area (Å²) in [5.41, 5.74) is 6.09. The molecule has 2 rings (SSSR count). The zero-order valence-electron chi connectivity index (χ0n) is 13.4. The lowest BCUT2D eigenvalue weighted by atomic mass is 10.2. The molecule has 0 saturated heterocycles. The quantitative estimate of drug-likeness (QED) is 0.702. The number of benzene rings is 2. The standard InChI is InChI=1S/C17H17Cl2NO5/c1-2-23-15(22)9-24-13-5-6-14(17(19)16(13)18)25-11-3-4-12(21)10(7-11)8-20/h3-7,21H,2,8-9,20H2,1H3. The van der Waals surface area contributed by atoms with Crippen molar-refractivity contribution in [3.8, 4) is 23.0 Å². The van der Waals surface area contributed by atoms with Gasteiger partial charge < -0.3 is 25.1 Å². The van der Waals surface area contributed by atoms with Gasteiger partial charge in [-0.05, 0) is 37.3 Å². The number of halogens is 2. The van der Waals surface area contributed by atoms with Crippen LogP contribution in [0.3, 0.4) is 0 Å². The van der Waals surface area contributed by atoms with Crippen LogP contribution in [0.4, 0.5) is 0 Å². The van der Waals surface area contributed by atoms with E-state index in [9.17, 15) is 9.90 Å². The van der Waals surface area contributed by atoms with Crippen molar-refractivity contribution < 1.29 is 24.1 Å². The summed E-state index contributed by atoms with van der Waals surface area (Å²) in [7, 11) is 0. The van der Waals surface area contributed by atoms with Crippen molar-refractivity contribution >= 4 is 29.2 Å². The van der Waals surface area contributed by atoms with Crippen molar-refractivity contribution in [1.82, 2.24) is 0 Å². The molecule has 0 aliphatic heterocycles. The van der Waals surface area contributed by atoms with Gasteiger partial charge in [0.05, 0.1) is 6.61 Å². The number of esters is 1. The van der Waals surface area contributed by atoms with Gasteiger partial charge in [0.15, 0.2) is 6.61 Å². The SMILES string of the molecule is CCOC(=O)COc1ccc(Oc2ccc(O)c(CN)c2)c(Cl)c1Cl. The van der Waals surface area contributed by atoms with Crippen LogP contribution in [0.15, 0.2) is 30.3 Å². The third-order valence-corrected chi connectivity index (χ3v) is 4.01. The lowest BCUT2D eigenvalue weighted by molar-refractivity contribution is -0.145. The molecule has 0 unspecified atom stereocenters. The Morgan fingerprint density at radius 1 is 1.16 bits per heavy atom. The summed E-state index contributed by atoms with van der Waals surface area (Å²) in [4.78, 5) is 11.3. The van der Waals surface area contributed by atoms with E-state index >= 15 is 0 Å². The van der Waals surface area contributed by atoms with Crippen LogP contribution in [0.5, 0.6) is 23.0 Å². The van der Waals surface area contributed by atoms with Crippen molar-refractivity contribution in [2.45, 2.75) is 13.5 Å². The second-order valence-corrected chi connectivity index (χ2v) is 5.64. The Morgan fingerprint density at radius 3 is 2.52 bits per heavy atom. The van der Waals surface area contributed by atoms with E-state index in [0.29, 0.717) is 17.1 Å². The zero-order chi connectivity index (χ0) is 18.4. The second kappa shape index (κ2) is 8.80. The topological polar surface area (TPSA) is 91.0 Å². The molecule has 0 fully saturated rings. The first-order valence-electron chi connectivity index (χ1n) is 7.42. The lowest BCUT2D eigenvalue weighted by Crippen LogP contribution is -2.14. The van der Waals surface area contributed by atoms with Crippen LogP contribution in [0.2, 0.25) is 10.0 Å². The predicted molar refractivity (Wildman–Crippen MR) is 94.7 cm³/mol. The molecule has 0 spiro atoms. The molecule has 25 heavy (non-hydrogen) atoms. The molecular formula is C17H17Cl2NO5. The smallest absolute Gasteiger partial charge is 0.344 e. The molecule has 0 bridgehead atoms. The number of phenols is 1. The van der Waals surface area contributed by atoms with Crippen LogP contribution in [-0.4, -0.2) is 24.3 Å². The molecule has 2 aromatic rings. The summed E-state index contributed by atoms with van der Waals surface area (Å²) in [5.74, 6) is 0.552. The van der Waals surface area contributed by atoms with Crippen LogP contribution in [0.25, 0.3) is 0 Å². The Morgan fingerprint density at radius 2 is 1.84 bits per heavy atom. The molecule has 0 heterocycles. The third-order valence-electron chi connectivity index (χ3n) is 3.16. The van der Waals surface area contributed by atoms with Gasteiger partial charge in [-0.25, -0.2) is 4.79 Å². The molecule has 0 saturated carbocycles. The van der Waals surface area contributed by atoms with Crippen molar-refractivity contribution in [3.05, 3.63) is 45.9 Å². The Kier molecular flexibility index (Phi) is 6.75. The highest BCUT2D eigenvalue weighted by Crippen LogP contribution is 2.41. The average molecular weight is 386 g/mol. The van der Waals surface area contributed by atoms with Gasteiger partial charge >= 0.3 is 5.97 Å². The highest BCUT2D eigenvalue weighted by Gasteiger charge is 2.15. The monoisotopic (exact) mass is 385 g/mol. The molecule has 134 valence electrons. The highest BCUT2D eigenvalue weighted by atomic mass is 35.5. The molecule has 6 nitrogen and oxygen atoms in total. The number of carbonyl (C=O) groups is 1. The predicted octanol–water partition coefficient (Wildman–Crippen LogP) is 3.89. The maximum atomic E-state index is 11.3. The molecule has 2 aromatic carbocycles. The summed E-state index contributed by atoms with van der Waals surface area (Å²) in [6, 6.07) is 7.75. The van der Waals surface area contributed by atoms with Crippen LogP contribution in [-0.2, 0) is 16.1 Å². The molecule has 3 N–H and O–H groups in total. The summed E-state index contributed by atoms with van der Waals surface area (Å²) in [5, 5.41) is 9.88. The number of nitrogens with two attached hydrogens (primary N) is 1. The van der Waals surface area contributed by atoms with Crippen molar-refractivity contribution in [1.29, 1.82) is 0 Å². The van der Waals surface area contributed by atoms with Crippen LogP contribution < -0.4 is 15.2 Å². The summed E-state index contributed by atoms with van der Waals surface area (Å²) in [6.07, 6.45) is 0. The minimum atomic E-state index is -0.506. The molecule has 0 radical (unpaired) electrons. The Bertz CT molecular complexity index is 767. The molecule has 0 atom stereocenters. The lowest BCUT2D eigenvalue weighted by Gasteiger charge is -2.13. The van der Waals surface area contributed by atoms with Gasteiger partial charge in [0.2, 0.25) is 0 Å². The maximum Gasteiger partial charge on any atom is 0.344 e. The number of phenolic OH excluding ortho intramolecular Hbond substituents is 1. The Hall–Kier alpha value is -2.15. The van der Waals surface area contributed by atoms with Gasteiger partial charge in [-0.15, -0.1) is 0 Å². The van der Waals surface area contributed by atoms with E-state index in [1.807, 2.05) is 0 Å². The number of hydrogen-bond donors (Lipinski definition) is 2. The van der Waals surface area contributed by atoms with E-state index in [1.54, 1.807) is 25.1 Å². The molecule has 0 aromatic heterocycles. The fourth-order valence-electron chi connectivity index (χ4n) is 1.96. The number of ether oxygens (including phenoxy) is 3. The first-order chi connectivity index (χ1) is 12.0. The van der Waals surface area contributed by atoms with Crippen molar-refractivity contribution in [3.63, 3.8) is 0 Å². The van der Waals surface area contributed by atoms with Crippen LogP contribution >= 0.6 is 23.2 Å². The fraction of sp³-hybridized carbons (Fsp3) is 0.235. The van der Waals surface area contributed by atoms with Crippen molar-refractivity contribution in [2.75, 3.05) is 13.2 Å². The first-order valence-corrected chi connectivity index (χ1v) is 8.18. The van der Waals surface area contributed by atoms with Gasteiger partial charge in [0, 0.05) is 12.1 Å². The molecule has 0 aliphatic rings. The second-order valence-electron chi connectivity index (χ2n) is 4.88. The minimum Gasteiger partial charge on any atom is -0.508 e. The number of aromatic hydroxyl groups is 1. The first kappa shape index (κ1) is 19.2. The van der Waals surface area contributed by atoms with Gasteiger partial charge in [0.1, 0.15) is 33.0 Å². The van der Waals surface area contributed by atoms with E-state index in [0.717, 1.165) is 0 Å². The summed E-state index contributed by atoms with van der Waals surface area (Å²) < 4.78 is 15.7. The van der Waals surface area contributed by atoms with E-state index in [-0.39, 0.29) is 41.3 Å². The number of rotatable bonds is 7. The van der Waals surface area contributed by atoms with E-state index in [4.69, 9.17) is 43.1 Å². The Balaban J connectivity index is 2.15. The molecule has 0 aliphatic carbocycles. The van der Waals surface area contributed by atoms with E-state index < -0.39 is 5.97 Å². The maximum absolute atomic E-state index is 11.3. The molecule has 0 amide bonds. The van der Waals surface area contributed by atoms with Gasteiger partial charge in [-0.1, -0.05) is 23.2 Å². The van der Waals surface area contributed by atoms with Gasteiger partial charge in [-0.3, -0.25) is 0 Å². The normalized spacial score (nSPS) is 10.4. The zero-order valence-corrected chi connectivity index (χ0v) is 14.9. The minimum absolute atomic E-state index is 0.0849. The van der Waals surface area contributed by atoms with Crippen molar-refractivity contribution in [2.24, 2.45) is 5.73 Å². The fourth-order valence-corrected chi connectivity index (χ4v) is 2.36. The van der Waals surface area contributed by atoms with Crippen LogP contribution in [0.1, 0.15) is 12.5 Å². The van der Waals surface area contributed by atoms with Gasteiger partial charge in [-0.2, -0.15) is 0 Å². The number of hydrogen-bond acceptors (Lipinski definition) is 6. The molecule has 8 heteroatoms. The van der Waals surface area contributed by atoms with Gasteiger partial charge in [0.25, 0.3) is 0 Å². The van der Waals surface area contributed by atoms with E-state index in [1.165, 1.54) is 12.1 Å². The average Bonchev–Trinajstić information content (AvgIpc) is 2.60.